The van der Waals surface area contributed by atoms with E-state index in [2.05, 4.69) is 9.97 Å². The van der Waals surface area contributed by atoms with Gasteiger partial charge in [-0.1, -0.05) is 12.5 Å². The Labute approximate surface area is 143 Å². The largest absolute Gasteiger partial charge is 0.377 e. The zero-order chi connectivity index (χ0) is 17.3. The van der Waals surface area contributed by atoms with Crippen LogP contribution in [0.1, 0.15) is 36.7 Å². The van der Waals surface area contributed by atoms with E-state index < -0.39 is 10.0 Å². The van der Waals surface area contributed by atoms with Gasteiger partial charge < -0.3 is 9.88 Å². The van der Waals surface area contributed by atoms with Crippen molar-refractivity contribution in [2.24, 2.45) is 0 Å². The number of anilines is 1. The molecule has 24 heavy (non-hydrogen) atoms. The fourth-order valence-electron chi connectivity index (χ4n) is 3.29. The molecule has 0 amide bonds. The first-order valence-corrected chi connectivity index (χ1v) is 9.64. The van der Waals surface area contributed by atoms with Crippen LogP contribution >= 0.6 is 0 Å². The third kappa shape index (κ3) is 3.06. The van der Waals surface area contributed by atoms with Gasteiger partial charge in [0.2, 0.25) is 10.0 Å². The van der Waals surface area contributed by atoms with Gasteiger partial charge in [-0.25, -0.2) is 13.4 Å². The number of aryl methyl sites for hydroxylation is 1. The number of hydrogen-bond acceptors (Lipinski definition) is 4. The van der Waals surface area contributed by atoms with Gasteiger partial charge >= 0.3 is 0 Å². The quantitative estimate of drug-likeness (QED) is 0.922. The second-order valence-corrected chi connectivity index (χ2v) is 8.34. The molecule has 0 bridgehead atoms. The Bertz CT molecular complexity index is 800. The van der Waals surface area contributed by atoms with E-state index >= 15 is 0 Å². The number of hydrogen-bond donors (Lipinski definition) is 1. The topological polar surface area (TPSA) is 69.3 Å². The summed E-state index contributed by atoms with van der Waals surface area (Å²) in [5.74, 6) is 0.721. The van der Waals surface area contributed by atoms with Crippen LogP contribution in [0, 0.1) is 6.92 Å². The summed E-state index contributed by atoms with van der Waals surface area (Å²) < 4.78 is 28.1. The molecule has 1 atom stereocenters. The number of rotatable bonds is 4. The highest BCUT2D eigenvalue weighted by atomic mass is 32.2. The Morgan fingerprint density at radius 2 is 2.08 bits per heavy atom. The summed E-state index contributed by atoms with van der Waals surface area (Å²) in [6.07, 6.45) is 6.09. The van der Waals surface area contributed by atoms with Crippen molar-refractivity contribution >= 4 is 15.7 Å². The minimum absolute atomic E-state index is 0.220. The molecule has 2 heterocycles. The molecule has 1 aliphatic rings. The van der Waals surface area contributed by atoms with Crippen molar-refractivity contribution in [3.05, 3.63) is 42.0 Å². The molecule has 1 aromatic heterocycles. The van der Waals surface area contributed by atoms with E-state index in [1.165, 1.54) is 0 Å². The molecule has 1 aromatic carbocycles. The highest BCUT2D eigenvalue weighted by Gasteiger charge is 2.35. The summed E-state index contributed by atoms with van der Waals surface area (Å²) in [6, 6.07) is 5.11. The standard InChI is InChI=1S/C17H24N4O2S/c1-13-7-8-14(12-16(13)20(2)3)24(22,23)21-11-5-4-6-15(21)17-18-9-10-19-17/h7-10,12,15H,4-6,11H2,1-3H3,(H,18,19). The smallest absolute Gasteiger partial charge is 0.243 e. The number of aromatic nitrogens is 2. The fourth-order valence-corrected chi connectivity index (χ4v) is 4.97. The van der Waals surface area contributed by atoms with E-state index in [4.69, 9.17) is 0 Å². The van der Waals surface area contributed by atoms with E-state index in [1.54, 1.807) is 28.8 Å². The van der Waals surface area contributed by atoms with Crippen LogP contribution < -0.4 is 4.90 Å². The molecule has 0 spiro atoms. The molecular weight excluding hydrogens is 324 g/mol. The summed E-state index contributed by atoms with van der Waals surface area (Å²) in [7, 11) is 0.280. The Morgan fingerprint density at radius 3 is 2.75 bits per heavy atom. The van der Waals surface area contributed by atoms with Crippen molar-refractivity contribution in [1.29, 1.82) is 0 Å². The second-order valence-electron chi connectivity index (χ2n) is 6.44. The van der Waals surface area contributed by atoms with Crippen LogP contribution in [0.25, 0.3) is 0 Å². The zero-order valence-corrected chi connectivity index (χ0v) is 15.2. The van der Waals surface area contributed by atoms with Crippen LogP contribution in [0.15, 0.2) is 35.5 Å². The molecule has 1 unspecified atom stereocenters. The number of nitrogens with zero attached hydrogens (tertiary/aromatic N) is 3. The summed E-state index contributed by atoms with van der Waals surface area (Å²) in [4.78, 5) is 9.64. The molecule has 130 valence electrons. The summed E-state index contributed by atoms with van der Waals surface area (Å²) in [5, 5.41) is 0. The zero-order valence-electron chi connectivity index (χ0n) is 14.4. The van der Waals surface area contributed by atoms with Crippen LogP contribution in [-0.2, 0) is 10.0 Å². The molecular formula is C17H24N4O2S. The minimum atomic E-state index is -3.56. The lowest BCUT2D eigenvalue weighted by molar-refractivity contribution is 0.247. The van der Waals surface area contributed by atoms with Crippen LogP contribution in [-0.4, -0.2) is 43.3 Å². The predicted octanol–water partition coefficient (Wildman–Crippen LogP) is 2.70. The normalized spacial score (nSPS) is 19.4. The molecule has 0 radical (unpaired) electrons. The Morgan fingerprint density at radius 1 is 1.29 bits per heavy atom. The van der Waals surface area contributed by atoms with Gasteiger partial charge in [0.1, 0.15) is 5.82 Å². The Kier molecular flexibility index (Phi) is 4.64. The number of imidazole rings is 1. The third-order valence-electron chi connectivity index (χ3n) is 4.56. The maximum absolute atomic E-state index is 13.2. The van der Waals surface area contributed by atoms with Crippen LogP contribution in [0.4, 0.5) is 5.69 Å². The highest BCUT2D eigenvalue weighted by Crippen LogP contribution is 2.35. The monoisotopic (exact) mass is 348 g/mol. The molecule has 1 N–H and O–H groups in total. The second kappa shape index (κ2) is 6.57. The van der Waals surface area contributed by atoms with E-state index in [0.29, 0.717) is 11.4 Å². The molecule has 1 saturated heterocycles. The van der Waals surface area contributed by atoms with Gasteiger partial charge in [-0.15, -0.1) is 0 Å². The average Bonchev–Trinajstić information content (AvgIpc) is 3.09. The fraction of sp³-hybridized carbons (Fsp3) is 0.471. The number of aromatic amines is 1. The van der Waals surface area contributed by atoms with Crippen molar-refractivity contribution < 1.29 is 8.42 Å². The van der Waals surface area contributed by atoms with Gasteiger partial charge in [0.15, 0.2) is 0 Å². The van der Waals surface area contributed by atoms with E-state index in [-0.39, 0.29) is 6.04 Å². The van der Waals surface area contributed by atoms with Crippen molar-refractivity contribution in [3.8, 4) is 0 Å². The molecule has 1 aliphatic heterocycles. The molecule has 3 rings (SSSR count). The molecule has 1 fully saturated rings. The number of H-pyrrole nitrogens is 1. The van der Waals surface area contributed by atoms with Crippen molar-refractivity contribution in [1.82, 2.24) is 14.3 Å². The van der Waals surface area contributed by atoms with E-state index in [9.17, 15) is 8.42 Å². The van der Waals surface area contributed by atoms with E-state index in [0.717, 1.165) is 36.3 Å². The first-order valence-electron chi connectivity index (χ1n) is 8.20. The molecule has 0 aliphatic carbocycles. The molecule has 6 nitrogen and oxygen atoms in total. The van der Waals surface area contributed by atoms with Gasteiger partial charge in [-0.2, -0.15) is 4.31 Å². The first kappa shape index (κ1) is 17.0. The number of sulfonamides is 1. The van der Waals surface area contributed by atoms with Crippen LogP contribution in [0.3, 0.4) is 0 Å². The van der Waals surface area contributed by atoms with Gasteiger partial charge in [0.05, 0.1) is 10.9 Å². The van der Waals surface area contributed by atoms with Gasteiger partial charge in [-0.3, -0.25) is 0 Å². The van der Waals surface area contributed by atoms with Gasteiger partial charge in [0, 0.05) is 38.7 Å². The van der Waals surface area contributed by atoms with Crippen LogP contribution in [0.5, 0.6) is 0 Å². The van der Waals surface area contributed by atoms with Crippen molar-refractivity contribution in [2.75, 3.05) is 25.5 Å². The molecule has 0 saturated carbocycles. The Balaban J connectivity index is 2.01. The first-order chi connectivity index (χ1) is 11.4. The lowest BCUT2D eigenvalue weighted by Crippen LogP contribution is -2.39. The van der Waals surface area contributed by atoms with E-state index in [1.807, 2.05) is 32.0 Å². The lowest BCUT2D eigenvalue weighted by Gasteiger charge is -2.33. The summed E-state index contributed by atoms with van der Waals surface area (Å²) in [6.45, 7) is 2.51. The van der Waals surface area contributed by atoms with Crippen LogP contribution in [0.2, 0.25) is 0 Å². The highest BCUT2D eigenvalue weighted by molar-refractivity contribution is 7.89. The minimum Gasteiger partial charge on any atom is -0.377 e. The summed E-state index contributed by atoms with van der Waals surface area (Å²) >= 11 is 0. The number of piperidine rings is 1. The molecule has 2 aromatic rings. The van der Waals surface area contributed by atoms with Crippen molar-refractivity contribution in [2.45, 2.75) is 37.1 Å². The van der Waals surface area contributed by atoms with Gasteiger partial charge in [0.25, 0.3) is 0 Å². The van der Waals surface area contributed by atoms with Gasteiger partial charge in [-0.05, 0) is 37.5 Å². The number of benzene rings is 1. The number of nitrogens with one attached hydrogen (secondary N) is 1. The lowest BCUT2D eigenvalue weighted by atomic mass is 10.0. The maximum atomic E-state index is 13.2. The SMILES string of the molecule is Cc1ccc(S(=O)(=O)N2CCCCC2c2ncc[nH]2)cc1N(C)C. The molecule has 7 heteroatoms. The predicted molar refractivity (Wildman–Crippen MR) is 94.6 cm³/mol. The Hall–Kier alpha value is -1.86. The maximum Gasteiger partial charge on any atom is 0.243 e. The summed E-state index contributed by atoms with van der Waals surface area (Å²) in [5.41, 5.74) is 1.97. The third-order valence-corrected chi connectivity index (χ3v) is 6.46. The average molecular weight is 348 g/mol. The van der Waals surface area contributed by atoms with Crippen molar-refractivity contribution in [3.63, 3.8) is 0 Å².